The topological polar surface area (TPSA) is 62.2 Å². The molecular weight excluding hydrogens is 224 g/mol. The number of halogens is 1. The van der Waals surface area contributed by atoms with Gasteiger partial charge in [0.25, 0.3) is 0 Å². The first kappa shape index (κ1) is 13.1. The molecule has 0 unspecified atom stereocenters. The van der Waals surface area contributed by atoms with Gasteiger partial charge in [-0.05, 0) is 12.1 Å². The van der Waals surface area contributed by atoms with Crippen LogP contribution in [0.2, 0.25) is 0 Å². The summed E-state index contributed by atoms with van der Waals surface area (Å²) in [6.45, 7) is 0. The summed E-state index contributed by atoms with van der Waals surface area (Å²) in [7, 11) is 0. The van der Waals surface area contributed by atoms with E-state index in [-0.39, 0.29) is 18.2 Å². The van der Waals surface area contributed by atoms with E-state index in [0.29, 0.717) is 5.82 Å². The third-order valence-corrected chi connectivity index (χ3v) is 1.83. The van der Waals surface area contributed by atoms with Crippen LogP contribution in [0.4, 0.5) is 5.82 Å². The van der Waals surface area contributed by atoms with Crippen molar-refractivity contribution in [3.63, 3.8) is 0 Å². The van der Waals surface area contributed by atoms with Crippen LogP contribution in [0.3, 0.4) is 0 Å². The minimum absolute atomic E-state index is 0. The molecule has 0 spiro atoms. The average molecular weight is 235 g/mol. The number of anilines is 1. The van der Waals surface area contributed by atoms with Crippen molar-refractivity contribution in [1.29, 1.82) is 0 Å². The monoisotopic (exact) mass is 234 g/mol. The molecule has 0 aromatic carbocycles. The molecule has 1 heterocycles. The zero-order valence-electron chi connectivity index (χ0n) is 7.25. The first-order valence-corrected chi connectivity index (χ1v) is 4.38. The van der Waals surface area contributed by atoms with Gasteiger partial charge < -0.3 is 10.4 Å². The molecule has 0 saturated carbocycles. The molecule has 0 fully saturated rings. The summed E-state index contributed by atoms with van der Waals surface area (Å²) in [6.07, 6.45) is 1.60. The minimum atomic E-state index is -0.930. The van der Waals surface area contributed by atoms with Crippen LogP contribution in [0.25, 0.3) is 0 Å². The van der Waals surface area contributed by atoms with E-state index in [0.717, 1.165) is 0 Å². The highest BCUT2D eigenvalue weighted by atomic mass is 35.5. The van der Waals surface area contributed by atoms with Crippen molar-refractivity contribution < 1.29 is 9.90 Å². The smallest absolute Gasteiger partial charge is 0.327 e. The number of hydrogen-bond donors (Lipinski definition) is 3. The van der Waals surface area contributed by atoms with Gasteiger partial charge in [-0.3, -0.25) is 0 Å². The lowest BCUT2D eigenvalue weighted by Gasteiger charge is -2.11. The second-order valence-electron chi connectivity index (χ2n) is 2.43. The molecule has 0 amide bonds. The molecular formula is C8H11ClN2O2S. The number of carboxylic acids is 1. The van der Waals surface area contributed by atoms with Crippen LogP contribution < -0.4 is 5.32 Å². The molecule has 0 bridgehead atoms. The summed E-state index contributed by atoms with van der Waals surface area (Å²) < 4.78 is 0. The van der Waals surface area contributed by atoms with Gasteiger partial charge in [0, 0.05) is 11.9 Å². The van der Waals surface area contributed by atoms with E-state index in [1.807, 2.05) is 0 Å². The van der Waals surface area contributed by atoms with Crippen molar-refractivity contribution in [2.45, 2.75) is 6.04 Å². The second-order valence-corrected chi connectivity index (χ2v) is 2.80. The largest absolute Gasteiger partial charge is 0.480 e. The van der Waals surface area contributed by atoms with Crippen molar-refractivity contribution in [2.75, 3.05) is 11.1 Å². The number of thiol groups is 1. The van der Waals surface area contributed by atoms with Crippen molar-refractivity contribution in [3.05, 3.63) is 24.4 Å². The standard InChI is InChI=1S/C8H10N2O2S.ClH/c11-8(12)6(5-13)10-7-3-1-2-4-9-7;/h1-4,6,13H,5H2,(H,9,10)(H,11,12);1H/t6-;/m0./s1. The molecule has 0 aliphatic heterocycles. The SMILES string of the molecule is Cl.O=C(O)[C@H](CS)Nc1ccccn1. The molecule has 0 saturated heterocycles. The summed E-state index contributed by atoms with van der Waals surface area (Å²) in [5.41, 5.74) is 0. The Hall–Kier alpha value is -0.940. The lowest BCUT2D eigenvalue weighted by atomic mass is 10.3. The van der Waals surface area contributed by atoms with E-state index in [2.05, 4.69) is 22.9 Å². The van der Waals surface area contributed by atoms with Crippen LogP contribution in [-0.2, 0) is 4.79 Å². The van der Waals surface area contributed by atoms with Gasteiger partial charge in [0.1, 0.15) is 11.9 Å². The maximum absolute atomic E-state index is 10.6. The highest BCUT2D eigenvalue weighted by Gasteiger charge is 2.14. The zero-order chi connectivity index (χ0) is 9.68. The van der Waals surface area contributed by atoms with Gasteiger partial charge in [0.05, 0.1) is 0 Å². The van der Waals surface area contributed by atoms with Gasteiger partial charge in [-0.15, -0.1) is 12.4 Å². The Morgan fingerprint density at radius 3 is 2.79 bits per heavy atom. The van der Waals surface area contributed by atoms with Crippen molar-refractivity contribution in [2.24, 2.45) is 0 Å². The molecule has 4 nitrogen and oxygen atoms in total. The Bertz CT molecular complexity index is 284. The van der Waals surface area contributed by atoms with Crippen LogP contribution in [0, 0.1) is 0 Å². The van der Waals surface area contributed by atoms with E-state index < -0.39 is 12.0 Å². The molecule has 1 aromatic heterocycles. The lowest BCUT2D eigenvalue weighted by molar-refractivity contribution is -0.137. The van der Waals surface area contributed by atoms with E-state index in [1.165, 1.54) is 0 Å². The predicted octanol–water partition coefficient (Wildman–Crippen LogP) is 1.30. The minimum Gasteiger partial charge on any atom is -0.480 e. The van der Waals surface area contributed by atoms with Crippen LogP contribution >= 0.6 is 25.0 Å². The fourth-order valence-electron chi connectivity index (χ4n) is 0.812. The van der Waals surface area contributed by atoms with Gasteiger partial charge >= 0.3 is 5.97 Å². The summed E-state index contributed by atoms with van der Waals surface area (Å²) in [4.78, 5) is 14.5. The number of hydrogen-bond acceptors (Lipinski definition) is 4. The number of aliphatic carboxylic acids is 1. The van der Waals surface area contributed by atoms with Crippen LogP contribution in [0.5, 0.6) is 0 Å². The number of nitrogens with zero attached hydrogens (tertiary/aromatic N) is 1. The number of carbonyl (C=O) groups is 1. The summed E-state index contributed by atoms with van der Waals surface area (Å²) in [5.74, 6) is -0.157. The van der Waals surface area contributed by atoms with E-state index in [4.69, 9.17) is 5.11 Å². The molecule has 14 heavy (non-hydrogen) atoms. The van der Waals surface area contributed by atoms with Crippen LogP contribution in [-0.4, -0.2) is 27.9 Å². The highest BCUT2D eigenvalue weighted by molar-refractivity contribution is 7.80. The molecule has 6 heteroatoms. The van der Waals surface area contributed by atoms with Gasteiger partial charge in [-0.25, -0.2) is 9.78 Å². The summed E-state index contributed by atoms with van der Waals surface area (Å²) in [6, 6.07) is 4.56. The lowest BCUT2D eigenvalue weighted by Crippen LogP contribution is -2.31. The van der Waals surface area contributed by atoms with E-state index in [9.17, 15) is 4.79 Å². The first-order valence-electron chi connectivity index (χ1n) is 3.75. The van der Waals surface area contributed by atoms with Crippen LogP contribution in [0.15, 0.2) is 24.4 Å². The first-order chi connectivity index (χ1) is 6.24. The van der Waals surface area contributed by atoms with Gasteiger partial charge in [0.2, 0.25) is 0 Å². The third-order valence-electron chi connectivity index (χ3n) is 1.47. The van der Waals surface area contributed by atoms with Gasteiger partial charge in [-0.1, -0.05) is 6.07 Å². The highest BCUT2D eigenvalue weighted by Crippen LogP contribution is 2.03. The molecule has 0 radical (unpaired) electrons. The number of carboxylic acid groups (broad SMARTS) is 1. The zero-order valence-corrected chi connectivity index (χ0v) is 8.96. The van der Waals surface area contributed by atoms with Gasteiger partial charge in [0.15, 0.2) is 0 Å². The maximum atomic E-state index is 10.6. The molecule has 2 N–H and O–H groups in total. The summed E-state index contributed by atoms with van der Waals surface area (Å²) >= 11 is 3.91. The van der Waals surface area contributed by atoms with Crippen molar-refractivity contribution in [3.8, 4) is 0 Å². The molecule has 78 valence electrons. The molecule has 1 atom stereocenters. The Kier molecular flexibility index (Phi) is 6.07. The maximum Gasteiger partial charge on any atom is 0.327 e. The van der Waals surface area contributed by atoms with E-state index in [1.54, 1.807) is 24.4 Å². The third kappa shape index (κ3) is 3.85. The Balaban J connectivity index is 0.00000169. The van der Waals surface area contributed by atoms with E-state index >= 15 is 0 Å². The fourth-order valence-corrected chi connectivity index (χ4v) is 1.06. The van der Waals surface area contributed by atoms with Crippen LogP contribution in [0.1, 0.15) is 0 Å². The van der Waals surface area contributed by atoms with Crippen molar-refractivity contribution in [1.82, 2.24) is 4.98 Å². The predicted molar refractivity (Wildman–Crippen MR) is 60.4 cm³/mol. The fraction of sp³-hybridized carbons (Fsp3) is 0.250. The molecule has 1 rings (SSSR count). The average Bonchev–Trinajstić information content (AvgIpc) is 2.15. The van der Waals surface area contributed by atoms with Gasteiger partial charge in [-0.2, -0.15) is 12.6 Å². The normalized spacial score (nSPS) is 11.2. The number of aromatic nitrogens is 1. The quantitative estimate of drug-likeness (QED) is 0.688. The summed E-state index contributed by atoms with van der Waals surface area (Å²) in [5, 5.41) is 11.4. The molecule has 0 aliphatic carbocycles. The Morgan fingerprint density at radius 1 is 1.64 bits per heavy atom. The Morgan fingerprint density at radius 2 is 2.36 bits per heavy atom. The van der Waals surface area contributed by atoms with Crippen molar-refractivity contribution >= 4 is 36.8 Å². The molecule has 0 aliphatic rings. The number of nitrogens with one attached hydrogen (secondary N) is 1. The Labute approximate surface area is 93.6 Å². The second kappa shape index (κ2) is 6.50. The molecule has 1 aromatic rings. The number of rotatable bonds is 4. The number of pyridine rings is 1.